The number of benzene rings is 1. The average molecular weight is 209 g/mol. The summed E-state index contributed by atoms with van der Waals surface area (Å²) in [5.74, 6) is -0.412. The normalized spacial score (nSPS) is 12.2. The summed E-state index contributed by atoms with van der Waals surface area (Å²) < 4.78 is 4.97. The SMILES string of the molecule is COCc1cccc(NC(=O)C(C)O)c1. The van der Waals surface area contributed by atoms with Crippen molar-refractivity contribution in [2.45, 2.75) is 19.6 Å². The van der Waals surface area contributed by atoms with Crippen LogP contribution in [0.3, 0.4) is 0 Å². The molecule has 1 amide bonds. The third kappa shape index (κ3) is 3.69. The number of rotatable bonds is 4. The minimum atomic E-state index is -1.00. The van der Waals surface area contributed by atoms with Crippen molar-refractivity contribution in [2.24, 2.45) is 0 Å². The Morgan fingerprint density at radius 2 is 2.33 bits per heavy atom. The molecule has 82 valence electrons. The molecule has 0 bridgehead atoms. The van der Waals surface area contributed by atoms with Gasteiger partial charge in [0.05, 0.1) is 6.61 Å². The molecule has 4 heteroatoms. The van der Waals surface area contributed by atoms with Crippen molar-refractivity contribution in [2.75, 3.05) is 12.4 Å². The van der Waals surface area contributed by atoms with Crippen LogP contribution in [-0.2, 0) is 16.1 Å². The van der Waals surface area contributed by atoms with Crippen molar-refractivity contribution in [3.8, 4) is 0 Å². The van der Waals surface area contributed by atoms with Crippen LogP contribution in [-0.4, -0.2) is 24.2 Å². The van der Waals surface area contributed by atoms with Crippen LogP contribution in [0.15, 0.2) is 24.3 Å². The van der Waals surface area contributed by atoms with Crippen LogP contribution in [0.4, 0.5) is 5.69 Å². The van der Waals surface area contributed by atoms with Gasteiger partial charge in [-0.1, -0.05) is 12.1 Å². The van der Waals surface area contributed by atoms with Gasteiger partial charge in [-0.15, -0.1) is 0 Å². The molecular formula is C11H15NO3. The predicted octanol–water partition coefficient (Wildman–Crippen LogP) is 1.15. The number of amides is 1. The molecule has 0 aliphatic carbocycles. The summed E-state index contributed by atoms with van der Waals surface area (Å²) in [4.78, 5) is 11.2. The zero-order valence-electron chi connectivity index (χ0n) is 8.86. The number of hydrogen-bond donors (Lipinski definition) is 2. The zero-order chi connectivity index (χ0) is 11.3. The van der Waals surface area contributed by atoms with Gasteiger partial charge in [-0.05, 0) is 24.6 Å². The topological polar surface area (TPSA) is 58.6 Å². The van der Waals surface area contributed by atoms with Gasteiger partial charge >= 0.3 is 0 Å². The van der Waals surface area contributed by atoms with E-state index in [1.54, 1.807) is 13.2 Å². The first kappa shape index (κ1) is 11.7. The van der Waals surface area contributed by atoms with Crippen molar-refractivity contribution in [1.82, 2.24) is 0 Å². The minimum absolute atomic E-state index is 0.412. The van der Waals surface area contributed by atoms with E-state index in [2.05, 4.69) is 5.32 Å². The van der Waals surface area contributed by atoms with Gasteiger partial charge in [-0.3, -0.25) is 4.79 Å². The number of ether oxygens (including phenoxy) is 1. The molecule has 0 fully saturated rings. The van der Waals surface area contributed by atoms with Gasteiger partial charge in [-0.25, -0.2) is 0 Å². The number of aliphatic hydroxyl groups excluding tert-OH is 1. The largest absolute Gasteiger partial charge is 0.384 e. The van der Waals surface area contributed by atoms with Crippen LogP contribution < -0.4 is 5.32 Å². The quantitative estimate of drug-likeness (QED) is 0.782. The van der Waals surface area contributed by atoms with Crippen LogP contribution in [0.2, 0.25) is 0 Å². The van der Waals surface area contributed by atoms with E-state index >= 15 is 0 Å². The van der Waals surface area contributed by atoms with Gasteiger partial charge in [0.15, 0.2) is 0 Å². The molecule has 0 saturated heterocycles. The van der Waals surface area contributed by atoms with Crippen molar-refractivity contribution >= 4 is 11.6 Å². The Hall–Kier alpha value is -1.39. The monoisotopic (exact) mass is 209 g/mol. The van der Waals surface area contributed by atoms with E-state index in [-0.39, 0.29) is 0 Å². The van der Waals surface area contributed by atoms with Crippen molar-refractivity contribution in [3.63, 3.8) is 0 Å². The molecule has 0 aliphatic rings. The van der Waals surface area contributed by atoms with E-state index in [1.807, 2.05) is 18.2 Å². The van der Waals surface area contributed by atoms with E-state index in [4.69, 9.17) is 9.84 Å². The maximum atomic E-state index is 11.2. The van der Waals surface area contributed by atoms with E-state index in [1.165, 1.54) is 6.92 Å². The highest BCUT2D eigenvalue weighted by Crippen LogP contribution is 2.11. The molecular weight excluding hydrogens is 194 g/mol. The maximum Gasteiger partial charge on any atom is 0.252 e. The third-order valence-electron chi connectivity index (χ3n) is 1.88. The summed E-state index contributed by atoms with van der Waals surface area (Å²) >= 11 is 0. The van der Waals surface area contributed by atoms with Gasteiger partial charge in [0.1, 0.15) is 6.10 Å². The molecule has 1 unspecified atom stereocenters. The van der Waals surface area contributed by atoms with Crippen molar-refractivity contribution in [1.29, 1.82) is 0 Å². The lowest BCUT2D eigenvalue weighted by Gasteiger charge is -2.08. The molecule has 1 rings (SSSR count). The number of carbonyl (C=O) groups excluding carboxylic acids is 1. The highest BCUT2D eigenvalue weighted by atomic mass is 16.5. The molecule has 0 radical (unpaired) electrons. The van der Waals surface area contributed by atoms with Crippen LogP contribution in [0.5, 0.6) is 0 Å². The number of carbonyl (C=O) groups is 1. The Balaban J connectivity index is 2.69. The average Bonchev–Trinajstić information content (AvgIpc) is 2.18. The molecule has 2 N–H and O–H groups in total. The standard InChI is InChI=1S/C11H15NO3/c1-8(13)11(14)12-10-5-3-4-9(6-10)7-15-2/h3-6,8,13H,7H2,1-2H3,(H,12,14). The summed E-state index contributed by atoms with van der Waals surface area (Å²) in [5, 5.41) is 11.6. The number of aliphatic hydroxyl groups is 1. The van der Waals surface area contributed by atoms with E-state index in [0.717, 1.165) is 5.56 Å². The highest BCUT2D eigenvalue weighted by Gasteiger charge is 2.08. The van der Waals surface area contributed by atoms with E-state index in [9.17, 15) is 4.79 Å². The molecule has 1 aromatic rings. The summed E-state index contributed by atoms with van der Waals surface area (Å²) in [6.45, 7) is 1.92. The number of hydrogen-bond acceptors (Lipinski definition) is 3. The first-order valence-corrected chi connectivity index (χ1v) is 4.70. The number of anilines is 1. The Kier molecular flexibility index (Phi) is 4.27. The fraction of sp³-hybridized carbons (Fsp3) is 0.364. The van der Waals surface area contributed by atoms with Gasteiger partial charge < -0.3 is 15.2 Å². The Morgan fingerprint density at radius 3 is 2.93 bits per heavy atom. The molecule has 0 aliphatic heterocycles. The summed E-state index contributed by atoms with van der Waals surface area (Å²) in [6, 6.07) is 7.30. The Labute approximate surface area is 88.9 Å². The van der Waals surface area contributed by atoms with Crippen molar-refractivity contribution in [3.05, 3.63) is 29.8 Å². The molecule has 1 aromatic carbocycles. The zero-order valence-corrected chi connectivity index (χ0v) is 8.86. The molecule has 0 heterocycles. The summed E-state index contributed by atoms with van der Waals surface area (Å²) in [7, 11) is 1.61. The smallest absolute Gasteiger partial charge is 0.252 e. The van der Waals surface area contributed by atoms with Gasteiger partial charge in [-0.2, -0.15) is 0 Å². The van der Waals surface area contributed by atoms with E-state index < -0.39 is 12.0 Å². The highest BCUT2D eigenvalue weighted by molar-refractivity contribution is 5.93. The predicted molar refractivity (Wildman–Crippen MR) is 57.5 cm³/mol. The second-order valence-electron chi connectivity index (χ2n) is 3.30. The number of nitrogens with one attached hydrogen (secondary N) is 1. The molecule has 0 spiro atoms. The third-order valence-corrected chi connectivity index (χ3v) is 1.88. The fourth-order valence-electron chi connectivity index (χ4n) is 1.15. The second kappa shape index (κ2) is 5.48. The molecule has 4 nitrogen and oxygen atoms in total. The minimum Gasteiger partial charge on any atom is -0.384 e. The lowest BCUT2D eigenvalue weighted by Crippen LogP contribution is -2.24. The van der Waals surface area contributed by atoms with Crippen LogP contribution in [0, 0.1) is 0 Å². The maximum absolute atomic E-state index is 11.2. The second-order valence-corrected chi connectivity index (χ2v) is 3.30. The molecule has 15 heavy (non-hydrogen) atoms. The van der Waals surface area contributed by atoms with Gasteiger partial charge in [0.2, 0.25) is 0 Å². The lowest BCUT2D eigenvalue weighted by atomic mass is 10.2. The van der Waals surface area contributed by atoms with Gasteiger partial charge in [0.25, 0.3) is 5.91 Å². The van der Waals surface area contributed by atoms with Crippen LogP contribution >= 0.6 is 0 Å². The lowest BCUT2D eigenvalue weighted by molar-refractivity contribution is -0.123. The summed E-state index contributed by atoms with van der Waals surface area (Å²) in [5.41, 5.74) is 1.64. The Bertz CT molecular complexity index is 336. The first-order valence-electron chi connectivity index (χ1n) is 4.70. The Morgan fingerprint density at radius 1 is 1.60 bits per heavy atom. The number of methoxy groups -OCH3 is 1. The fourth-order valence-corrected chi connectivity index (χ4v) is 1.15. The van der Waals surface area contributed by atoms with E-state index in [0.29, 0.717) is 12.3 Å². The molecule has 0 aromatic heterocycles. The van der Waals surface area contributed by atoms with Crippen molar-refractivity contribution < 1.29 is 14.6 Å². The van der Waals surface area contributed by atoms with Crippen LogP contribution in [0.1, 0.15) is 12.5 Å². The van der Waals surface area contributed by atoms with Crippen LogP contribution in [0.25, 0.3) is 0 Å². The molecule has 0 saturated carbocycles. The molecule has 1 atom stereocenters. The summed E-state index contributed by atoms with van der Waals surface area (Å²) in [6.07, 6.45) is -1.00. The first-order chi connectivity index (χ1) is 7.13. The van der Waals surface area contributed by atoms with Gasteiger partial charge in [0, 0.05) is 12.8 Å².